The minimum Gasteiger partial charge on any atom is -0.322 e. The monoisotopic (exact) mass is 391 g/mol. The number of benzene rings is 3. The van der Waals surface area contributed by atoms with Gasteiger partial charge in [-0.25, -0.2) is 5.43 Å². The highest BCUT2D eigenvalue weighted by molar-refractivity contribution is 6.34. The van der Waals surface area contributed by atoms with Gasteiger partial charge in [0.25, 0.3) is 5.91 Å². The molecule has 0 spiro atoms. The number of carbonyl (C=O) groups excluding carboxylic acids is 2. The van der Waals surface area contributed by atoms with Crippen LogP contribution in [0.4, 0.5) is 5.69 Å². The summed E-state index contributed by atoms with van der Waals surface area (Å²) in [4.78, 5) is 24.2. The number of hydrogen-bond acceptors (Lipinski definition) is 3. The van der Waals surface area contributed by atoms with Crippen LogP contribution in [0.25, 0.3) is 0 Å². The Morgan fingerprint density at radius 2 is 1.68 bits per heavy atom. The van der Waals surface area contributed by atoms with E-state index >= 15 is 0 Å². The van der Waals surface area contributed by atoms with Gasteiger partial charge in [0, 0.05) is 5.69 Å². The molecule has 6 heteroatoms. The summed E-state index contributed by atoms with van der Waals surface area (Å²) >= 11 is 6.05. The lowest BCUT2D eigenvalue weighted by Gasteiger charge is -2.07. The van der Waals surface area contributed by atoms with E-state index in [4.69, 9.17) is 11.6 Å². The van der Waals surface area contributed by atoms with Gasteiger partial charge in [-0.1, -0.05) is 66.2 Å². The Morgan fingerprint density at radius 1 is 0.929 bits per heavy atom. The number of halogens is 1. The molecule has 0 aromatic heterocycles. The molecule has 2 amide bonds. The van der Waals surface area contributed by atoms with Crippen molar-refractivity contribution in [1.29, 1.82) is 0 Å². The maximum absolute atomic E-state index is 12.3. The van der Waals surface area contributed by atoms with Gasteiger partial charge in [-0.3, -0.25) is 9.59 Å². The van der Waals surface area contributed by atoms with E-state index in [1.54, 1.807) is 42.5 Å². The average Bonchev–Trinajstić information content (AvgIpc) is 2.69. The first-order valence-corrected chi connectivity index (χ1v) is 9.01. The topological polar surface area (TPSA) is 70.6 Å². The van der Waals surface area contributed by atoms with Gasteiger partial charge in [0.05, 0.1) is 23.2 Å². The normalized spacial score (nSPS) is 10.6. The van der Waals surface area contributed by atoms with Gasteiger partial charge in [-0.15, -0.1) is 0 Å². The number of hydrogen-bond donors (Lipinski definition) is 2. The summed E-state index contributed by atoms with van der Waals surface area (Å²) in [5.41, 5.74) is 5.15. The van der Waals surface area contributed by atoms with Crippen LogP contribution in [0.2, 0.25) is 5.02 Å². The molecule has 0 aliphatic carbocycles. The fourth-order valence-electron chi connectivity index (χ4n) is 2.54. The summed E-state index contributed by atoms with van der Waals surface area (Å²) in [6, 6.07) is 23.4. The third kappa shape index (κ3) is 5.53. The Balaban J connectivity index is 1.58. The largest absolute Gasteiger partial charge is 0.322 e. The molecule has 0 radical (unpaired) electrons. The molecular weight excluding hydrogens is 374 g/mol. The molecule has 3 aromatic carbocycles. The lowest BCUT2D eigenvalue weighted by molar-refractivity contribution is -0.120. The molecule has 0 atom stereocenters. The number of nitrogens with zero attached hydrogens (tertiary/aromatic N) is 1. The van der Waals surface area contributed by atoms with Gasteiger partial charge in [-0.05, 0) is 35.4 Å². The number of hydrazone groups is 1. The Bertz CT molecular complexity index is 1000. The predicted octanol–water partition coefficient (Wildman–Crippen LogP) is 4.29. The molecule has 0 heterocycles. The number of carbonyl (C=O) groups is 2. The minimum atomic E-state index is -0.296. The van der Waals surface area contributed by atoms with Crippen LogP contribution >= 0.6 is 11.6 Å². The zero-order valence-electron chi connectivity index (χ0n) is 14.9. The standard InChI is InChI=1S/C22H18ClN3O2/c23-20-12-5-4-11-19(20)22(28)25-18-10-6-9-17(13-18)15-24-26-21(27)14-16-7-2-1-3-8-16/h1-13,15H,14H2,(H,25,28)(H,26,27)/b24-15+. The van der Waals surface area contributed by atoms with E-state index in [1.807, 2.05) is 36.4 Å². The maximum atomic E-state index is 12.3. The van der Waals surface area contributed by atoms with Crippen LogP contribution in [0.15, 0.2) is 84.0 Å². The van der Waals surface area contributed by atoms with Crippen LogP contribution in [0.3, 0.4) is 0 Å². The van der Waals surface area contributed by atoms with Crippen molar-refractivity contribution >= 4 is 35.3 Å². The molecule has 28 heavy (non-hydrogen) atoms. The molecule has 3 aromatic rings. The van der Waals surface area contributed by atoms with Crippen molar-refractivity contribution in [1.82, 2.24) is 5.43 Å². The van der Waals surface area contributed by atoms with E-state index < -0.39 is 0 Å². The minimum absolute atomic E-state index is 0.203. The third-order valence-corrected chi connectivity index (χ3v) is 4.20. The summed E-state index contributed by atoms with van der Waals surface area (Å²) < 4.78 is 0. The highest BCUT2D eigenvalue weighted by Gasteiger charge is 2.09. The maximum Gasteiger partial charge on any atom is 0.257 e. The molecule has 0 aliphatic rings. The second-order valence-corrected chi connectivity index (χ2v) is 6.42. The van der Waals surface area contributed by atoms with Crippen LogP contribution < -0.4 is 10.7 Å². The van der Waals surface area contributed by atoms with Crippen LogP contribution in [0.5, 0.6) is 0 Å². The van der Waals surface area contributed by atoms with Crippen LogP contribution in [0.1, 0.15) is 21.5 Å². The fourth-order valence-corrected chi connectivity index (χ4v) is 2.76. The van der Waals surface area contributed by atoms with Crippen molar-refractivity contribution in [2.45, 2.75) is 6.42 Å². The zero-order valence-corrected chi connectivity index (χ0v) is 15.7. The van der Waals surface area contributed by atoms with Gasteiger partial charge in [0.15, 0.2) is 0 Å². The first-order chi connectivity index (χ1) is 13.6. The Kier molecular flexibility index (Phi) is 6.54. The van der Waals surface area contributed by atoms with Gasteiger partial charge < -0.3 is 5.32 Å². The number of nitrogens with one attached hydrogen (secondary N) is 2. The van der Waals surface area contributed by atoms with Crippen molar-refractivity contribution in [2.24, 2.45) is 5.10 Å². The first kappa shape index (κ1) is 19.3. The molecule has 0 saturated heterocycles. The van der Waals surface area contributed by atoms with Crippen molar-refractivity contribution in [3.05, 3.63) is 101 Å². The van der Waals surface area contributed by atoms with E-state index in [-0.39, 0.29) is 18.2 Å². The third-order valence-electron chi connectivity index (χ3n) is 3.87. The van der Waals surface area contributed by atoms with Gasteiger partial charge in [0.2, 0.25) is 5.91 Å². The lowest BCUT2D eigenvalue weighted by Crippen LogP contribution is -2.19. The molecule has 5 nitrogen and oxygen atoms in total. The van der Waals surface area contributed by atoms with Gasteiger partial charge >= 0.3 is 0 Å². The Labute approximate surface area is 168 Å². The molecule has 0 bridgehead atoms. The highest BCUT2D eigenvalue weighted by Crippen LogP contribution is 2.17. The summed E-state index contributed by atoms with van der Waals surface area (Å²) in [6.45, 7) is 0. The van der Waals surface area contributed by atoms with Crippen molar-refractivity contribution in [2.75, 3.05) is 5.32 Å². The van der Waals surface area contributed by atoms with E-state index in [1.165, 1.54) is 6.21 Å². The molecule has 0 aliphatic heterocycles. The molecular formula is C22H18ClN3O2. The number of anilines is 1. The van der Waals surface area contributed by atoms with Crippen LogP contribution in [0, 0.1) is 0 Å². The first-order valence-electron chi connectivity index (χ1n) is 8.63. The summed E-state index contributed by atoms with van der Waals surface area (Å²) in [7, 11) is 0. The number of amides is 2. The van der Waals surface area contributed by atoms with E-state index in [2.05, 4.69) is 15.8 Å². The van der Waals surface area contributed by atoms with Crippen LogP contribution in [-0.4, -0.2) is 18.0 Å². The second kappa shape index (κ2) is 9.48. The zero-order chi connectivity index (χ0) is 19.8. The fraction of sp³-hybridized carbons (Fsp3) is 0.0455. The summed E-state index contributed by atoms with van der Waals surface area (Å²) in [5, 5.41) is 7.16. The molecule has 0 unspecified atom stereocenters. The second-order valence-electron chi connectivity index (χ2n) is 6.01. The van der Waals surface area contributed by atoms with E-state index in [0.717, 1.165) is 11.1 Å². The predicted molar refractivity (Wildman–Crippen MR) is 112 cm³/mol. The van der Waals surface area contributed by atoms with Crippen LogP contribution in [-0.2, 0) is 11.2 Å². The summed E-state index contributed by atoms with van der Waals surface area (Å²) in [6.07, 6.45) is 1.78. The SMILES string of the molecule is O=C(Cc1ccccc1)N/N=C/c1cccc(NC(=O)c2ccccc2Cl)c1. The van der Waals surface area contributed by atoms with E-state index in [0.29, 0.717) is 16.3 Å². The Morgan fingerprint density at radius 3 is 2.46 bits per heavy atom. The molecule has 0 fully saturated rings. The Hall–Kier alpha value is -3.44. The lowest BCUT2D eigenvalue weighted by atomic mass is 10.1. The molecule has 140 valence electrons. The van der Waals surface area contributed by atoms with Crippen molar-refractivity contribution in [3.63, 3.8) is 0 Å². The number of rotatable bonds is 6. The highest BCUT2D eigenvalue weighted by atomic mass is 35.5. The van der Waals surface area contributed by atoms with Gasteiger partial charge in [-0.2, -0.15) is 5.10 Å². The van der Waals surface area contributed by atoms with Crippen molar-refractivity contribution < 1.29 is 9.59 Å². The van der Waals surface area contributed by atoms with Crippen molar-refractivity contribution in [3.8, 4) is 0 Å². The molecule has 0 saturated carbocycles. The average molecular weight is 392 g/mol. The van der Waals surface area contributed by atoms with E-state index in [9.17, 15) is 9.59 Å². The van der Waals surface area contributed by atoms with Gasteiger partial charge in [0.1, 0.15) is 0 Å². The molecule has 2 N–H and O–H groups in total. The quantitative estimate of drug-likeness (QED) is 0.486. The molecule has 3 rings (SSSR count). The summed E-state index contributed by atoms with van der Waals surface area (Å²) in [5.74, 6) is -0.499. The smallest absolute Gasteiger partial charge is 0.257 e.